The van der Waals surface area contributed by atoms with Crippen molar-refractivity contribution in [3.8, 4) is 6.01 Å². The molecule has 0 aliphatic carbocycles. The van der Waals surface area contributed by atoms with E-state index in [-0.39, 0.29) is 6.01 Å². The van der Waals surface area contributed by atoms with Crippen LogP contribution in [0.2, 0.25) is 0 Å². The van der Waals surface area contributed by atoms with Crippen molar-refractivity contribution in [2.75, 3.05) is 43.5 Å². The van der Waals surface area contributed by atoms with Gasteiger partial charge in [-0.05, 0) is 37.3 Å². The van der Waals surface area contributed by atoms with Gasteiger partial charge < -0.3 is 29.1 Å². The molecule has 0 saturated carbocycles. The molecule has 0 unspecified atom stereocenters. The molecule has 0 bridgehead atoms. The lowest BCUT2D eigenvalue weighted by Gasteiger charge is -2.26. The van der Waals surface area contributed by atoms with Crippen molar-refractivity contribution in [2.24, 2.45) is 7.05 Å². The van der Waals surface area contributed by atoms with Crippen LogP contribution in [0, 0.1) is 0 Å². The minimum Gasteiger partial charge on any atom is -0.467 e. The molecule has 0 atom stereocenters. The smallest absolute Gasteiger partial charge is 0.323 e. The van der Waals surface area contributed by atoms with Crippen LogP contribution in [0.3, 0.4) is 0 Å². The zero-order chi connectivity index (χ0) is 23.3. The zero-order valence-corrected chi connectivity index (χ0v) is 19.3. The van der Waals surface area contributed by atoms with Gasteiger partial charge in [0.25, 0.3) is 0 Å². The van der Waals surface area contributed by atoms with Crippen molar-refractivity contribution in [3.63, 3.8) is 0 Å². The summed E-state index contributed by atoms with van der Waals surface area (Å²) in [7, 11) is 2.05. The van der Waals surface area contributed by atoms with Crippen LogP contribution < -0.4 is 15.4 Å². The average Bonchev–Trinajstić information content (AvgIpc) is 3.47. The number of nitrogens with zero attached hydrogens (tertiary/aromatic N) is 6. The fourth-order valence-corrected chi connectivity index (χ4v) is 3.82. The minimum absolute atomic E-state index is 0.244. The highest BCUT2D eigenvalue weighted by Crippen LogP contribution is 2.23. The topological polar surface area (TPSA) is 115 Å². The summed E-state index contributed by atoms with van der Waals surface area (Å²) in [4.78, 5) is 20.4. The molecular weight excluding hydrogens is 436 g/mol. The van der Waals surface area contributed by atoms with Crippen LogP contribution in [0.1, 0.15) is 18.5 Å². The fraction of sp³-hybridized carbons (Fsp3) is 0.391. The van der Waals surface area contributed by atoms with E-state index in [0.717, 1.165) is 61.2 Å². The van der Waals surface area contributed by atoms with E-state index in [1.54, 1.807) is 6.26 Å². The number of imidazole rings is 1. The van der Waals surface area contributed by atoms with Gasteiger partial charge >= 0.3 is 6.01 Å². The fourth-order valence-electron chi connectivity index (χ4n) is 3.82. The number of aryl methyl sites for hydroxylation is 1. The van der Waals surface area contributed by atoms with Crippen molar-refractivity contribution < 1.29 is 13.9 Å². The van der Waals surface area contributed by atoms with Crippen molar-refractivity contribution in [3.05, 3.63) is 48.2 Å². The summed E-state index contributed by atoms with van der Waals surface area (Å²) in [5.41, 5.74) is 2.81. The Balaban J connectivity index is 1.34. The molecule has 0 spiro atoms. The maximum absolute atomic E-state index is 5.53. The predicted molar refractivity (Wildman–Crippen MR) is 127 cm³/mol. The van der Waals surface area contributed by atoms with E-state index >= 15 is 0 Å². The number of aromatic nitrogens is 5. The van der Waals surface area contributed by atoms with Crippen LogP contribution in [0.15, 0.2) is 41.0 Å². The van der Waals surface area contributed by atoms with Crippen LogP contribution in [0.4, 0.5) is 17.6 Å². The van der Waals surface area contributed by atoms with Gasteiger partial charge in [0.1, 0.15) is 11.6 Å². The lowest BCUT2D eigenvalue weighted by atomic mass is 10.3. The number of benzene rings is 1. The first-order valence-electron chi connectivity index (χ1n) is 11.4. The third-order valence-electron chi connectivity index (χ3n) is 5.59. The number of rotatable bonds is 9. The number of ether oxygens (including phenoxy) is 2. The molecule has 0 radical (unpaired) electrons. The van der Waals surface area contributed by atoms with Crippen molar-refractivity contribution in [2.45, 2.75) is 20.0 Å². The highest BCUT2D eigenvalue weighted by Gasteiger charge is 2.16. The molecule has 2 N–H and O–H groups in total. The van der Waals surface area contributed by atoms with E-state index in [0.29, 0.717) is 25.0 Å². The summed E-state index contributed by atoms with van der Waals surface area (Å²) in [6, 6.07) is 10.00. The Labute approximate surface area is 197 Å². The standard InChI is InChI=1S/C23H28N8O3/c1-3-33-23-28-21(24-14-17-5-4-10-34-17)27-22(29-23)25-16-6-7-19-18(13-16)26-20(30(19)2)15-31-8-11-32-12-9-31/h4-7,10,13H,3,8-9,11-12,14-15H2,1-2H3,(H2,24,25,27,28,29). The Morgan fingerprint density at radius 1 is 1.06 bits per heavy atom. The van der Waals surface area contributed by atoms with E-state index in [1.807, 2.05) is 37.3 Å². The number of morpholine rings is 1. The van der Waals surface area contributed by atoms with E-state index in [4.69, 9.17) is 18.9 Å². The Hall–Kier alpha value is -3.70. The molecule has 3 aromatic heterocycles. The van der Waals surface area contributed by atoms with Gasteiger partial charge in [0, 0.05) is 25.8 Å². The second kappa shape index (κ2) is 10.1. The molecule has 4 aromatic rings. The molecule has 11 heteroatoms. The molecule has 5 rings (SSSR count). The van der Waals surface area contributed by atoms with Crippen LogP contribution in [-0.2, 0) is 24.9 Å². The van der Waals surface area contributed by atoms with E-state index in [2.05, 4.69) is 42.1 Å². The molecule has 1 aliphatic rings. The Bertz CT molecular complexity index is 1230. The third-order valence-corrected chi connectivity index (χ3v) is 5.59. The van der Waals surface area contributed by atoms with Gasteiger partial charge in [-0.15, -0.1) is 0 Å². The molecule has 1 aliphatic heterocycles. The summed E-state index contributed by atoms with van der Waals surface area (Å²) in [5.74, 6) is 2.58. The Morgan fingerprint density at radius 3 is 2.71 bits per heavy atom. The number of furan rings is 1. The molecule has 0 amide bonds. The average molecular weight is 465 g/mol. The summed E-state index contributed by atoms with van der Waals surface area (Å²) in [6.45, 7) is 6.98. The maximum atomic E-state index is 5.53. The summed E-state index contributed by atoms with van der Waals surface area (Å²) in [5, 5.41) is 6.40. The second-order valence-electron chi connectivity index (χ2n) is 7.94. The van der Waals surface area contributed by atoms with Crippen LogP contribution in [0.25, 0.3) is 11.0 Å². The molecule has 1 aromatic carbocycles. The normalized spacial score (nSPS) is 14.4. The number of hydrogen-bond donors (Lipinski definition) is 2. The Morgan fingerprint density at radius 2 is 1.91 bits per heavy atom. The molecule has 4 heterocycles. The first kappa shape index (κ1) is 22.1. The highest BCUT2D eigenvalue weighted by molar-refractivity contribution is 5.81. The third kappa shape index (κ3) is 5.10. The van der Waals surface area contributed by atoms with Crippen molar-refractivity contribution in [1.82, 2.24) is 29.4 Å². The number of hydrogen-bond acceptors (Lipinski definition) is 10. The number of anilines is 3. The van der Waals surface area contributed by atoms with E-state index < -0.39 is 0 Å². The van der Waals surface area contributed by atoms with Crippen molar-refractivity contribution >= 4 is 28.6 Å². The first-order chi connectivity index (χ1) is 16.7. The van der Waals surface area contributed by atoms with E-state index in [9.17, 15) is 0 Å². The molecule has 1 fully saturated rings. The van der Waals surface area contributed by atoms with Gasteiger partial charge in [-0.25, -0.2) is 4.98 Å². The van der Waals surface area contributed by atoms with Gasteiger partial charge in [-0.2, -0.15) is 15.0 Å². The highest BCUT2D eigenvalue weighted by atomic mass is 16.5. The SMILES string of the molecule is CCOc1nc(NCc2ccco2)nc(Nc2ccc3c(c2)nc(CN2CCOCC2)n3C)n1. The Kier molecular flexibility index (Phi) is 6.54. The first-order valence-corrected chi connectivity index (χ1v) is 11.4. The van der Waals surface area contributed by atoms with Gasteiger partial charge in [0.2, 0.25) is 11.9 Å². The van der Waals surface area contributed by atoms with Gasteiger partial charge in [0.05, 0.1) is 50.2 Å². The number of nitrogens with one attached hydrogen (secondary N) is 2. The summed E-state index contributed by atoms with van der Waals surface area (Å²) >= 11 is 0. The summed E-state index contributed by atoms with van der Waals surface area (Å²) in [6.07, 6.45) is 1.63. The molecule has 34 heavy (non-hydrogen) atoms. The van der Waals surface area contributed by atoms with Crippen LogP contribution >= 0.6 is 0 Å². The molecular formula is C23H28N8O3. The molecule has 11 nitrogen and oxygen atoms in total. The maximum Gasteiger partial charge on any atom is 0.323 e. The molecule has 178 valence electrons. The zero-order valence-electron chi connectivity index (χ0n) is 19.3. The largest absolute Gasteiger partial charge is 0.467 e. The quantitative estimate of drug-likeness (QED) is 0.383. The van der Waals surface area contributed by atoms with Crippen LogP contribution in [-0.4, -0.2) is 62.3 Å². The predicted octanol–water partition coefficient (Wildman–Crippen LogP) is 2.94. The van der Waals surface area contributed by atoms with Crippen LogP contribution in [0.5, 0.6) is 6.01 Å². The lowest BCUT2D eigenvalue weighted by molar-refractivity contribution is 0.0328. The minimum atomic E-state index is 0.244. The number of fused-ring (bicyclic) bond motifs is 1. The molecule has 1 saturated heterocycles. The van der Waals surface area contributed by atoms with Gasteiger partial charge in [-0.3, -0.25) is 4.90 Å². The van der Waals surface area contributed by atoms with E-state index in [1.165, 1.54) is 0 Å². The monoisotopic (exact) mass is 464 g/mol. The second-order valence-corrected chi connectivity index (χ2v) is 7.94. The van der Waals surface area contributed by atoms with Gasteiger partial charge in [0.15, 0.2) is 0 Å². The lowest BCUT2D eigenvalue weighted by Crippen LogP contribution is -2.36. The van der Waals surface area contributed by atoms with Crippen molar-refractivity contribution in [1.29, 1.82) is 0 Å². The summed E-state index contributed by atoms with van der Waals surface area (Å²) < 4.78 is 18.5. The van der Waals surface area contributed by atoms with Gasteiger partial charge in [-0.1, -0.05) is 0 Å².